The summed E-state index contributed by atoms with van der Waals surface area (Å²) in [5.41, 5.74) is 0. The van der Waals surface area contributed by atoms with Crippen LogP contribution in [0.1, 0.15) is 142 Å². The zero-order valence-electron chi connectivity index (χ0n) is 32.7. The molecule has 0 aromatic rings. The maximum Gasteiger partial charge on any atom is 0.472 e. The van der Waals surface area contributed by atoms with Crippen LogP contribution < -0.4 is 0 Å². The van der Waals surface area contributed by atoms with E-state index in [1.54, 1.807) is 0 Å². The van der Waals surface area contributed by atoms with E-state index in [0.29, 0.717) is 12.8 Å². The molecule has 0 radical (unpaired) electrons. The van der Waals surface area contributed by atoms with Crippen LogP contribution in [0.2, 0.25) is 0 Å². The zero-order chi connectivity index (χ0) is 39.1. The number of hydrogen-bond donors (Lipinski definition) is 3. The summed E-state index contributed by atoms with van der Waals surface area (Å²) in [6, 6.07) is 0. The third-order valence-corrected chi connectivity index (χ3v) is 8.81. The molecule has 0 aliphatic rings. The van der Waals surface area contributed by atoms with Crippen molar-refractivity contribution in [1.29, 1.82) is 0 Å². The average molecular weight is 767 g/mol. The van der Waals surface area contributed by atoms with Crippen LogP contribution >= 0.6 is 7.82 Å². The van der Waals surface area contributed by atoms with E-state index in [1.807, 2.05) is 0 Å². The van der Waals surface area contributed by atoms with E-state index >= 15 is 0 Å². The van der Waals surface area contributed by atoms with Gasteiger partial charge in [0.25, 0.3) is 0 Å². The Morgan fingerprint density at radius 1 is 0.566 bits per heavy atom. The molecule has 3 atom stereocenters. The molecule has 0 aromatic carbocycles. The number of phosphoric acid groups is 1. The fraction of sp³-hybridized carbons (Fsp3) is 0.667. The quantitative estimate of drug-likeness (QED) is 0.0243. The molecule has 0 aromatic heterocycles. The molecule has 304 valence electrons. The Hall–Kier alpha value is -2.59. The van der Waals surface area contributed by atoms with Crippen molar-refractivity contribution >= 4 is 19.8 Å². The number of allylic oxidation sites excluding steroid dienone is 12. The predicted octanol–water partition coefficient (Wildman–Crippen LogP) is 10.1. The first-order valence-corrected chi connectivity index (χ1v) is 21.4. The molecule has 0 rings (SSSR count). The number of ether oxygens (including phenoxy) is 2. The highest BCUT2D eigenvalue weighted by atomic mass is 31.2. The summed E-state index contributed by atoms with van der Waals surface area (Å²) >= 11 is 0. The molecule has 11 heteroatoms. The number of unbranched alkanes of at least 4 members (excludes halogenated alkanes) is 10. The minimum absolute atomic E-state index is 0.157. The van der Waals surface area contributed by atoms with Gasteiger partial charge >= 0.3 is 19.8 Å². The highest BCUT2D eigenvalue weighted by Gasteiger charge is 2.27. The number of carbonyl (C=O) groups is 2. The Kier molecular flexibility index (Phi) is 35.9. The summed E-state index contributed by atoms with van der Waals surface area (Å²) in [4.78, 5) is 34.9. The van der Waals surface area contributed by atoms with Gasteiger partial charge in [-0.05, 0) is 77.0 Å². The lowest BCUT2D eigenvalue weighted by Crippen LogP contribution is -2.29. The Morgan fingerprint density at radius 2 is 0.981 bits per heavy atom. The lowest BCUT2D eigenvalue weighted by molar-refractivity contribution is -0.161. The van der Waals surface area contributed by atoms with Gasteiger partial charge in [0.1, 0.15) is 12.7 Å². The first-order valence-electron chi connectivity index (χ1n) is 19.9. The smallest absolute Gasteiger partial charge is 0.462 e. The Labute approximate surface area is 320 Å². The number of esters is 2. The first-order chi connectivity index (χ1) is 25.7. The van der Waals surface area contributed by atoms with Crippen molar-refractivity contribution in [3.63, 3.8) is 0 Å². The van der Waals surface area contributed by atoms with E-state index < -0.39 is 51.8 Å². The number of aliphatic hydroxyl groups is 2. The van der Waals surface area contributed by atoms with Crippen LogP contribution in [0.4, 0.5) is 0 Å². The Balaban J connectivity index is 4.42. The number of carbonyl (C=O) groups excluding carboxylic acids is 2. The summed E-state index contributed by atoms with van der Waals surface area (Å²) in [5.74, 6) is -0.973. The highest BCUT2D eigenvalue weighted by molar-refractivity contribution is 7.47. The molecule has 0 amide bonds. The largest absolute Gasteiger partial charge is 0.472 e. The van der Waals surface area contributed by atoms with Crippen molar-refractivity contribution in [2.24, 2.45) is 0 Å². The molecule has 0 fully saturated rings. The van der Waals surface area contributed by atoms with Crippen molar-refractivity contribution in [1.82, 2.24) is 0 Å². The van der Waals surface area contributed by atoms with Crippen molar-refractivity contribution < 1.29 is 47.8 Å². The van der Waals surface area contributed by atoms with Crippen molar-refractivity contribution in [2.45, 2.75) is 154 Å². The van der Waals surface area contributed by atoms with Gasteiger partial charge in [0, 0.05) is 12.8 Å². The normalized spacial score (nSPS) is 14.7. The number of hydrogen-bond acceptors (Lipinski definition) is 9. The Bertz CT molecular complexity index is 1110. The molecular weight excluding hydrogens is 695 g/mol. The van der Waals surface area contributed by atoms with Crippen molar-refractivity contribution in [2.75, 3.05) is 26.4 Å². The third kappa shape index (κ3) is 37.5. The molecule has 0 saturated heterocycles. The van der Waals surface area contributed by atoms with Gasteiger partial charge in [-0.3, -0.25) is 18.6 Å². The monoisotopic (exact) mass is 766 g/mol. The van der Waals surface area contributed by atoms with Gasteiger partial charge in [-0.25, -0.2) is 4.57 Å². The second-order valence-corrected chi connectivity index (χ2v) is 14.3. The number of aliphatic hydroxyl groups excluding tert-OH is 2. The number of phosphoric ester groups is 1. The van der Waals surface area contributed by atoms with Gasteiger partial charge in [0.15, 0.2) is 6.10 Å². The lowest BCUT2D eigenvalue weighted by atomic mass is 10.1. The molecule has 0 heterocycles. The van der Waals surface area contributed by atoms with Gasteiger partial charge in [-0.15, -0.1) is 0 Å². The van der Waals surface area contributed by atoms with Gasteiger partial charge in [-0.1, -0.05) is 125 Å². The van der Waals surface area contributed by atoms with E-state index in [9.17, 15) is 24.2 Å². The minimum atomic E-state index is -4.63. The predicted molar refractivity (Wildman–Crippen MR) is 214 cm³/mol. The summed E-state index contributed by atoms with van der Waals surface area (Å²) in [6.45, 7) is 2.09. The van der Waals surface area contributed by atoms with Crippen LogP contribution in [0.5, 0.6) is 0 Å². The SMILES string of the molecule is CC/C=C\C/C=C\C/C=C\CCCCCCCC(=O)OCC(COP(=O)(O)OCC(O)CO)OC(=O)CCCCCCC/C=C\C/C=C\C/C=C\CC. The van der Waals surface area contributed by atoms with Crippen LogP contribution in [0.3, 0.4) is 0 Å². The zero-order valence-corrected chi connectivity index (χ0v) is 33.6. The molecule has 3 N–H and O–H groups in total. The van der Waals surface area contributed by atoms with E-state index in [1.165, 1.54) is 0 Å². The second kappa shape index (κ2) is 37.7. The average Bonchev–Trinajstić information content (AvgIpc) is 3.14. The fourth-order valence-electron chi connectivity index (χ4n) is 4.84. The van der Waals surface area contributed by atoms with Gasteiger partial charge in [-0.2, -0.15) is 0 Å². The summed E-state index contributed by atoms with van der Waals surface area (Å²) in [5, 5.41) is 18.3. The van der Waals surface area contributed by atoms with E-state index in [2.05, 4.69) is 91.3 Å². The fourth-order valence-corrected chi connectivity index (χ4v) is 5.63. The molecule has 10 nitrogen and oxygen atoms in total. The van der Waals surface area contributed by atoms with E-state index in [-0.39, 0.29) is 19.4 Å². The summed E-state index contributed by atoms with van der Waals surface area (Å²) in [6.07, 6.45) is 41.5. The molecule has 0 spiro atoms. The van der Waals surface area contributed by atoms with E-state index in [4.69, 9.17) is 19.1 Å². The molecule has 0 aliphatic carbocycles. The third-order valence-electron chi connectivity index (χ3n) is 7.86. The number of rotatable bonds is 36. The van der Waals surface area contributed by atoms with Gasteiger partial charge < -0.3 is 24.6 Å². The maximum absolute atomic E-state index is 12.6. The topological polar surface area (TPSA) is 149 Å². The van der Waals surface area contributed by atoms with Crippen molar-refractivity contribution in [3.8, 4) is 0 Å². The molecular formula is C42H71O10P. The van der Waals surface area contributed by atoms with Crippen LogP contribution in [0.25, 0.3) is 0 Å². The second-order valence-electron chi connectivity index (χ2n) is 12.9. The first kappa shape index (κ1) is 50.4. The summed E-state index contributed by atoms with van der Waals surface area (Å²) in [7, 11) is -4.63. The van der Waals surface area contributed by atoms with E-state index in [0.717, 1.165) is 103 Å². The Morgan fingerprint density at radius 3 is 1.47 bits per heavy atom. The molecule has 0 saturated carbocycles. The van der Waals surface area contributed by atoms with Crippen molar-refractivity contribution in [3.05, 3.63) is 72.9 Å². The van der Waals surface area contributed by atoms with Gasteiger partial charge in [0.2, 0.25) is 0 Å². The maximum atomic E-state index is 12.6. The summed E-state index contributed by atoms with van der Waals surface area (Å²) < 4.78 is 32.6. The molecule has 0 bridgehead atoms. The van der Waals surface area contributed by atoms with Crippen LogP contribution in [-0.4, -0.2) is 65.7 Å². The lowest BCUT2D eigenvalue weighted by Gasteiger charge is -2.20. The molecule has 3 unspecified atom stereocenters. The van der Waals surface area contributed by atoms with Crippen LogP contribution in [-0.2, 0) is 32.7 Å². The van der Waals surface area contributed by atoms with Crippen LogP contribution in [0, 0.1) is 0 Å². The standard InChI is InChI=1S/C42H71O10P/c1-3-5-7-9-11-13-15-17-19-21-23-25-27-29-31-33-41(45)49-37-40(38-51-53(47,48)50-36-39(44)35-43)52-42(46)34-32-30-28-26-24-22-20-18-16-14-12-10-8-6-4-2/h5-8,11-14,17-20,39-40,43-44H,3-4,9-10,15-16,21-38H2,1-2H3,(H,47,48)/b7-5-,8-6-,13-11-,14-12-,19-17-,20-18-. The molecule has 53 heavy (non-hydrogen) atoms. The highest BCUT2D eigenvalue weighted by Crippen LogP contribution is 2.43. The molecule has 0 aliphatic heterocycles. The van der Waals surface area contributed by atoms with Crippen LogP contribution in [0.15, 0.2) is 72.9 Å². The van der Waals surface area contributed by atoms with Gasteiger partial charge in [0.05, 0.1) is 19.8 Å². The minimum Gasteiger partial charge on any atom is -0.462 e.